The number of hydrogen-bond acceptors (Lipinski definition) is 6. The predicted octanol–water partition coefficient (Wildman–Crippen LogP) is 13.5. The molecule has 0 amide bonds. The van der Waals surface area contributed by atoms with Gasteiger partial charge in [-0.2, -0.15) is 0 Å². The molecule has 6 nitrogen and oxygen atoms in total. The second kappa shape index (κ2) is 15.8. The van der Waals surface area contributed by atoms with Gasteiger partial charge in [-0.05, 0) is 164 Å². The fourth-order valence-corrected chi connectivity index (χ4v) is 13.0. The van der Waals surface area contributed by atoms with Crippen LogP contribution < -0.4 is 61.5 Å². The van der Waals surface area contributed by atoms with Gasteiger partial charge in [0.15, 0.2) is 0 Å². The van der Waals surface area contributed by atoms with Gasteiger partial charge in [0.25, 0.3) is 13.4 Å². The second-order valence-corrected chi connectivity index (χ2v) is 20.7. The van der Waals surface area contributed by atoms with Crippen LogP contribution in [0.4, 0.5) is 34.1 Å². The first kappa shape index (κ1) is 42.1. The third-order valence-corrected chi connectivity index (χ3v) is 16.2. The van der Waals surface area contributed by atoms with Crippen LogP contribution in [-0.4, -0.2) is 13.4 Å². The van der Waals surface area contributed by atoms with E-state index in [1.54, 1.807) is 0 Å². The molecular weight excluding hydrogens is 918 g/mol. The molecule has 16 rings (SSSR count). The minimum Gasteiger partial charge on any atom is -0.458 e. The van der Waals surface area contributed by atoms with Gasteiger partial charge in [-0.15, -0.1) is 0 Å². The van der Waals surface area contributed by atoms with Gasteiger partial charge in [0.2, 0.25) is 0 Å². The van der Waals surface area contributed by atoms with Gasteiger partial charge in [-0.1, -0.05) is 135 Å². The van der Waals surface area contributed by atoms with Crippen molar-refractivity contribution in [2.75, 3.05) is 9.80 Å². The molecule has 4 aliphatic heterocycles. The van der Waals surface area contributed by atoms with Crippen LogP contribution in [0, 0.1) is 0 Å². The summed E-state index contributed by atoms with van der Waals surface area (Å²) < 4.78 is 27.8. The summed E-state index contributed by atoms with van der Waals surface area (Å²) in [6.45, 7) is 4.44. The van der Waals surface area contributed by atoms with Crippen LogP contribution in [0.15, 0.2) is 231 Å². The Bertz CT molecular complexity index is 4190. The highest BCUT2D eigenvalue weighted by Gasteiger charge is 2.50. The van der Waals surface area contributed by atoms with Crippen molar-refractivity contribution in [3.8, 4) is 57.1 Å². The van der Waals surface area contributed by atoms with Crippen molar-refractivity contribution in [1.29, 1.82) is 0 Å². The van der Waals surface area contributed by atoms with E-state index in [2.05, 4.69) is 194 Å². The van der Waals surface area contributed by atoms with E-state index in [9.17, 15) is 0 Å². The first-order valence-corrected chi connectivity index (χ1v) is 25.8. The lowest BCUT2D eigenvalue weighted by Crippen LogP contribution is -2.63. The van der Waals surface area contributed by atoms with Gasteiger partial charge < -0.3 is 28.7 Å². The molecule has 1 aliphatic carbocycles. The number of ether oxygens (including phenoxy) is 4. The molecule has 8 heteroatoms. The number of hydrogen-bond donors (Lipinski definition) is 0. The predicted molar refractivity (Wildman–Crippen MR) is 306 cm³/mol. The highest BCUT2D eigenvalue weighted by Crippen LogP contribution is 2.57. The maximum Gasteiger partial charge on any atom is 0.256 e. The molecular formula is C67H44B2N2O4. The highest BCUT2D eigenvalue weighted by atomic mass is 16.5. The number of benzene rings is 11. The molecule has 0 fully saturated rings. The van der Waals surface area contributed by atoms with Gasteiger partial charge >= 0.3 is 0 Å². The smallest absolute Gasteiger partial charge is 0.256 e. The van der Waals surface area contributed by atoms with Gasteiger partial charge in [-0.3, -0.25) is 0 Å². The van der Waals surface area contributed by atoms with Gasteiger partial charge in [0, 0.05) is 51.0 Å². The van der Waals surface area contributed by atoms with Crippen LogP contribution >= 0.6 is 0 Å². The SMILES string of the molecule is CC1(C)c2cc(Oc3ccccc3)ccc2-c2cc3c4c(c21)N(c1ccccc1)c1ccccc1B4c1cc2c(cc1O3)Oc1c3c(cc4cc(Oc5ccccc5)ccc14)N(c1ccccc1)c1ccccc1B23. The molecule has 11 aromatic carbocycles. The fourth-order valence-electron chi connectivity index (χ4n) is 13.0. The van der Waals surface area contributed by atoms with Crippen LogP contribution in [0.5, 0.6) is 46.0 Å². The minimum absolute atomic E-state index is 0.147. The van der Waals surface area contributed by atoms with Gasteiger partial charge in [-0.25, -0.2) is 0 Å². The molecule has 0 atom stereocenters. The van der Waals surface area contributed by atoms with E-state index >= 15 is 0 Å². The largest absolute Gasteiger partial charge is 0.458 e. The van der Waals surface area contributed by atoms with Gasteiger partial charge in [0.05, 0.1) is 0 Å². The molecule has 75 heavy (non-hydrogen) atoms. The number of para-hydroxylation sites is 6. The fraction of sp³-hybridized carbons (Fsp3) is 0.0448. The number of nitrogens with zero attached hydrogens (tertiary/aromatic N) is 2. The first-order valence-electron chi connectivity index (χ1n) is 25.8. The second-order valence-electron chi connectivity index (χ2n) is 20.7. The van der Waals surface area contributed by atoms with Crippen molar-refractivity contribution in [1.82, 2.24) is 0 Å². The Morgan fingerprint density at radius 3 is 1.61 bits per heavy atom. The third kappa shape index (κ3) is 6.17. The molecule has 0 N–H and O–H groups in total. The average Bonchev–Trinajstić information content (AvgIpc) is 3.67. The summed E-state index contributed by atoms with van der Waals surface area (Å²) in [5.74, 6) is 6.43. The quantitative estimate of drug-likeness (QED) is 0.155. The molecule has 0 saturated heterocycles. The molecule has 0 bridgehead atoms. The van der Waals surface area contributed by atoms with Crippen molar-refractivity contribution in [2.24, 2.45) is 0 Å². The summed E-state index contributed by atoms with van der Waals surface area (Å²) in [4.78, 5) is 4.90. The van der Waals surface area contributed by atoms with E-state index < -0.39 is 5.41 Å². The summed E-state index contributed by atoms with van der Waals surface area (Å²) in [7, 11) is 0. The first-order chi connectivity index (χ1) is 36.9. The molecule has 5 aliphatic rings. The normalized spacial score (nSPS) is 14.2. The Morgan fingerprint density at radius 2 is 0.947 bits per heavy atom. The van der Waals surface area contributed by atoms with Crippen molar-refractivity contribution in [2.45, 2.75) is 19.3 Å². The summed E-state index contributed by atoms with van der Waals surface area (Å²) >= 11 is 0. The van der Waals surface area contributed by atoms with Crippen LogP contribution in [0.1, 0.15) is 25.0 Å². The van der Waals surface area contributed by atoms with Crippen LogP contribution in [0.2, 0.25) is 0 Å². The molecule has 0 aromatic heterocycles. The van der Waals surface area contributed by atoms with Crippen molar-refractivity contribution >= 4 is 91.1 Å². The maximum atomic E-state index is 7.44. The topological polar surface area (TPSA) is 43.4 Å². The molecule has 352 valence electrons. The number of rotatable bonds is 6. The van der Waals surface area contributed by atoms with Crippen LogP contribution in [0.25, 0.3) is 21.9 Å². The highest BCUT2D eigenvalue weighted by molar-refractivity contribution is 7.02. The molecule has 0 radical (unpaired) electrons. The molecule has 0 spiro atoms. The Morgan fingerprint density at radius 1 is 0.400 bits per heavy atom. The minimum atomic E-state index is -0.410. The molecule has 0 unspecified atom stereocenters. The zero-order valence-electron chi connectivity index (χ0n) is 41.1. The standard InChI is InChI=1S/C67H44B2N2O4/c1-67(2)51-37-47(73-45-25-13-6-14-26-45)32-34-49(51)50-38-61-64-65(62(50)67)71(43-21-9-4-10-22-43)57-30-18-16-28-53(57)69(64)54-39-55-60(40-59(54)74-61)75-66-48-33-31-46(72-44-23-11-5-12-24-44)35-41(48)36-58-63(66)68(55)52-27-15-17-29-56(52)70(58)42-19-7-3-8-20-42/h3-40H,1-2H3. The Labute approximate surface area is 435 Å². The van der Waals surface area contributed by atoms with Crippen LogP contribution in [0.3, 0.4) is 0 Å². The van der Waals surface area contributed by atoms with Gasteiger partial charge in [0.1, 0.15) is 46.0 Å². The summed E-state index contributed by atoms with van der Waals surface area (Å²) in [6, 6.07) is 81.5. The molecule has 0 saturated carbocycles. The zero-order chi connectivity index (χ0) is 49.5. The lowest BCUT2D eigenvalue weighted by molar-refractivity contribution is 0.468. The Kier molecular flexibility index (Phi) is 8.88. The van der Waals surface area contributed by atoms with E-state index in [0.29, 0.717) is 0 Å². The molecule has 4 heterocycles. The Hall–Kier alpha value is -9.39. The number of fused-ring (bicyclic) bond motifs is 14. The molecule has 11 aromatic rings. The monoisotopic (exact) mass is 962 g/mol. The Balaban J connectivity index is 0.921. The van der Waals surface area contributed by atoms with E-state index in [4.69, 9.17) is 18.9 Å². The lowest BCUT2D eigenvalue weighted by atomic mass is 9.31. The zero-order valence-corrected chi connectivity index (χ0v) is 41.1. The summed E-state index contributed by atoms with van der Waals surface area (Å²) in [5.41, 5.74) is 18.1. The third-order valence-electron chi connectivity index (χ3n) is 16.2. The summed E-state index contributed by atoms with van der Waals surface area (Å²) in [5, 5.41) is 2.04. The van der Waals surface area contributed by atoms with E-state index in [-0.39, 0.29) is 13.4 Å². The number of anilines is 6. The van der Waals surface area contributed by atoms with Crippen molar-refractivity contribution < 1.29 is 18.9 Å². The van der Waals surface area contributed by atoms with E-state index in [1.807, 2.05) is 60.7 Å². The van der Waals surface area contributed by atoms with Crippen molar-refractivity contribution in [3.05, 3.63) is 242 Å². The maximum absolute atomic E-state index is 7.44. The van der Waals surface area contributed by atoms with E-state index in [0.717, 1.165) is 107 Å². The van der Waals surface area contributed by atoms with Crippen LogP contribution in [-0.2, 0) is 5.41 Å². The summed E-state index contributed by atoms with van der Waals surface area (Å²) in [6.07, 6.45) is 0. The average molecular weight is 963 g/mol. The lowest BCUT2D eigenvalue weighted by Gasteiger charge is -2.44. The van der Waals surface area contributed by atoms with Crippen molar-refractivity contribution in [3.63, 3.8) is 0 Å². The van der Waals surface area contributed by atoms with E-state index in [1.165, 1.54) is 38.8 Å².